The molecule has 0 spiro atoms. The maximum atomic E-state index is 2.52. The first kappa shape index (κ1) is 26.0. The fourth-order valence-electron chi connectivity index (χ4n) is 7.95. The molecule has 8 aromatic rings. The van der Waals surface area contributed by atoms with Gasteiger partial charge in [-0.3, -0.25) is 0 Å². The number of fused-ring (bicyclic) bond motifs is 7. The molecule has 0 heterocycles. The molecule has 0 unspecified atom stereocenters. The zero-order valence-corrected chi connectivity index (χ0v) is 25.5. The predicted molar refractivity (Wildman–Crippen MR) is 193 cm³/mol. The Morgan fingerprint density at radius 3 is 1.56 bits per heavy atom. The molecule has 0 fully saturated rings. The molecule has 0 aromatic heterocycles. The van der Waals surface area contributed by atoms with Crippen molar-refractivity contribution in [2.24, 2.45) is 0 Å². The molecule has 8 aromatic carbocycles. The van der Waals surface area contributed by atoms with Crippen molar-refractivity contribution in [1.82, 2.24) is 0 Å². The van der Waals surface area contributed by atoms with Crippen LogP contribution in [0.15, 0.2) is 158 Å². The molecule has 0 atom stereocenters. The highest BCUT2D eigenvalue weighted by Crippen LogP contribution is 2.54. The predicted octanol–water partition coefficient (Wildman–Crippen LogP) is 12.5. The minimum absolute atomic E-state index is 0.102. The SMILES string of the molecule is CC1(C)c2ccccc2-c2c1cc(-c1c3ccccc3c(-c3ccccc3)c3ccc(-c4ccccc4)cc13)c1ccccc21. The third kappa shape index (κ3) is 3.79. The highest BCUT2D eigenvalue weighted by Gasteiger charge is 2.37. The molecule has 0 amide bonds. The van der Waals surface area contributed by atoms with E-state index in [0.717, 1.165) is 0 Å². The van der Waals surface area contributed by atoms with E-state index in [-0.39, 0.29) is 5.41 Å². The summed E-state index contributed by atoms with van der Waals surface area (Å²) in [7, 11) is 0. The van der Waals surface area contributed by atoms with Crippen LogP contribution in [0.5, 0.6) is 0 Å². The third-order valence-corrected chi connectivity index (χ3v) is 10.1. The van der Waals surface area contributed by atoms with E-state index in [0.29, 0.717) is 0 Å². The Hall–Kier alpha value is -5.46. The van der Waals surface area contributed by atoms with Crippen molar-refractivity contribution in [3.8, 4) is 44.5 Å². The summed E-state index contributed by atoms with van der Waals surface area (Å²) < 4.78 is 0. The second-order valence-electron chi connectivity index (χ2n) is 12.9. The minimum atomic E-state index is -0.102. The Balaban J connectivity index is 1.48. The molecule has 1 aliphatic carbocycles. The molecule has 0 saturated carbocycles. The van der Waals surface area contributed by atoms with Crippen molar-refractivity contribution in [2.75, 3.05) is 0 Å². The maximum absolute atomic E-state index is 2.52. The second-order valence-corrected chi connectivity index (χ2v) is 12.9. The van der Waals surface area contributed by atoms with E-state index in [9.17, 15) is 0 Å². The Kier molecular flexibility index (Phi) is 5.64. The number of benzene rings is 8. The fourth-order valence-corrected chi connectivity index (χ4v) is 7.95. The van der Waals surface area contributed by atoms with Gasteiger partial charge in [-0.05, 0) is 100 Å². The molecule has 0 nitrogen and oxygen atoms in total. The summed E-state index contributed by atoms with van der Waals surface area (Å²) in [6, 6.07) is 58.3. The van der Waals surface area contributed by atoms with Gasteiger partial charge in [-0.2, -0.15) is 0 Å². The van der Waals surface area contributed by atoms with Crippen LogP contribution >= 0.6 is 0 Å². The highest BCUT2D eigenvalue weighted by atomic mass is 14.4. The lowest BCUT2D eigenvalue weighted by molar-refractivity contribution is 0.661. The summed E-state index contributed by atoms with van der Waals surface area (Å²) in [5.41, 5.74) is 13.1. The van der Waals surface area contributed by atoms with E-state index in [1.54, 1.807) is 0 Å². The van der Waals surface area contributed by atoms with E-state index in [2.05, 4.69) is 172 Å². The van der Waals surface area contributed by atoms with Crippen LogP contribution in [0.25, 0.3) is 76.8 Å². The monoisotopic (exact) mass is 572 g/mol. The molecule has 1 aliphatic rings. The van der Waals surface area contributed by atoms with Gasteiger partial charge in [-0.1, -0.05) is 159 Å². The molecule has 0 radical (unpaired) electrons. The zero-order chi connectivity index (χ0) is 30.1. The van der Waals surface area contributed by atoms with E-state index in [1.807, 2.05) is 0 Å². The lowest BCUT2D eigenvalue weighted by Gasteiger charge is -2.24. The minimum Gasteiger partial charge on any atom is -0.0622 e. The van der Waals surface area contributed by atoms with Gasteiger partial charge in [0.1, 0.15) is 0 Å². The van der Waals surface area contributed by atoms with Crippen LogP contribution in [0.2, 0.25) is 0 Å². The normalized spacial score (nSPS) is 13.3. The molecule has 212 valence electrons. The summed E-state index contributed by atoms with van der Waals surface area (Å²) in [5, 5.41) is 7.76. The third-order valence-electron chi connectivity index (χ3n) is 10.1. The van der Waals surface area contributed by atoms with Crippen LogP contribution in [-0.2, 0) is 5.41 Å². The Morgan fingerprint density at radius 1 is 0.311 bits per heavy atom. The van der Waals surface area contributed by atoms with Gasteiger partial charge in [0, 0.05) is 5.41 Å². The van der Waals surface area contributed by atoms with Gasteiger partial charge in [-0.15, -0.1) is 0 Å². The molecule has 0 bridgehead atoms. The molecule has 0 saturated heterocycles. The molecule has 0 heteroatoms. The number of hydrogen-bond donors (Lipinski definition) is 0. The van der Waals surface area contributed by atoms with Gasteiger partial charge in [0.15, 0.2) is 0 Å². The van der Waals surface area contributed by atoms with Crippen LogP contribution in [0.4, 0.5) is 0 Å². The Bertz CT molecular complexity index is 2430. The molecule has 9 rings (SSSR count). The van der Waals surface area contributed by atoms with Gasteiger partial charge in [-0.25, -0.2) is 0 Å². The summed E-state index contributed by atoms with van der Waals surface area (Å²) >= 11 is 0. The van der Waals surface area contributed by atoms with E-state index in [4.69, 9.17) is 0 Å². The van der Waals surface area contributed by atoms with Crippen LogP contribution in [-0.4, -0.2) is 0 Å². The molecular formula is C45H32. The summed E-state index contributed by atoms with van der Waals surface area (Å²) in [6.45, 7) is 4.77. The van der Waals surface area contributed by atoms with Gasteiger partial charge >= 0.3 is 0 Å². The van der Waals surface area contributed by atoms with Crippen molar-refractivity contribution >= 4 is 32.3 Å². The first-order chi connectivity index (χ1) is 22.1. The van der Waals surface area contributed by atoms with Crippen molar-refractivity contribution in [3.05, 3.63) is 169 Å². The van der Waals surface area contributed by atoms with E-state index in [1.165, 1.54) is 88.0 Å². The van der Waals surface area contributed by atoms with E-state index < -0.39 is 0 Å². The largest absolute Gasteiger partial charge is 0.0622 e. The lowest BCUT2D eigenvalue weighted by Crippen LogP contribution is -2.15. The van der Waals surface area contributed by atoms with Crippen molar-refractivity contribution in [3.63, 3.8) is 0 Å². The lowest BCUT2D eigenvalue weighted by atomic mass is 9.78. The average Bonchev–Trinajstić information content (AvgIpc) is 3.33. The van der Waals surface area contributed by atoms with Crippen molar-refractivity contribution in [1.29, 1.82) is 0 Å². The van der Waals surface area contributed by atoms with Crippen LogP contribution < -0.4 is 0 Å². The maximum Gasteiger partial charge on any atom is 0.0159 e. The van der Waals surface area contributed by atoms with Crippen molar-refractivity contribution < 1.29 is 0 Å². The first-order valence-corrected chi connectivity index (χ1v) is 15.9. The molecule has 0 N–H and O–H groups in total. The standard InChI is InChI=1S/C45H32/c1-45(2)40-24-14-13-23-37(40)44-33-20-10-9-19-32(33)39(28-41(44)45)43-35-22-12-11-21-34(35)42(30-17-7-4-8-18-30)36-26-25-31(27-38(36)43)29-15-5-3-6-16-29/h3-28H,1-2H3. The van der Waals surface area contributed by atoms with Gasteiger partial charge in [0.2, 0.25) is 0 Å². The molecule has 0 aliphatic heterocycles. The smallest absolute Gasteiger partial charge is 0.0159 e. The number of hydrogen-bond acceptors (Lipinski definition) is 0. The number of rotatable bonds is 3. The van der Waals surface area contributed by atoms with Crippen molar-refractivity contribution in [2.45, 2.75) is 19.3 Å². The van der Waals surface area contributed by atoms with Crippen LogP contribution in [0.1, 0.15) is 25.0 Å². The topological polar surface area (TPSA) is 0 Å². The second kappa shape index (κ2) is 9.78. The quantitative estimate of drug-likeness (QED) is 0.185. The van der Waals surface area contributed by atoms with Gasteiger partial charge in [0.25, 0.3) is 0 Å². The Morgan fingerprint density at radius 2 is 0.844 bits per heavy atom. The summed E-state index contributed by atoms with van der Waals surface area (Å²) in [6.07, 6.45) is 0. The summed E-state index contributed by atoms with van der Waals surface area (Å²) in [5.74, 6) is 0. The molecule has 45 heavy (non-hydrogen) atoms. The first-order valence-electron chi connectivity index (χ1n) is 15.9. The highest BCUT2D eigenvalue weighted by molar-refractivity contribution is 6.25. The van der Waals surface area contributed by atoms with Gasteiger partial charge < -0.3 is 0 Å². The van der Waals surface area contributed by atoms with E-state index >= 15 is 0 Å². The summed E-state index contributed by atoms with van der Waals surface area (Å²) in [4.78, 5) is 0. The van der Waals surface area contributed by atoms with Crippen LogP contribution in [0, 0.1) is 0 Å². The molecular weight excluding hydrogens is 540 g/mol. The Labute approximate surface area is 264 Å². The average molecular weight is 573 g/mol. The zero-order valence-electron chi connectivity index (χ0n) is 25.5. The fraction of sp³-hybridized carbons (Fsp3) is 0.0667. The van der Waals surface area contributed by atoms with Gasteiger partial charge in [0.05, 0.1) is 0 Å². The van der Waals surface area contributed by atoms with Crippen LogP contribution in [0.3, 0.4) is 0 Å².